The summed E-state index contributed by atoms with van der Waals surface area (Å²) < 4.78 is 38.7. The lowest BCUT2D eigenvalue weighted by atomic mass is 9.91. The van der Waals surface area contributed by atoms with E-state index in [1.165, 1.54) is 23.5 Å². The zero-order chi connectivity index (χ0) is 22.5. The first-order valence-corrected chi connectivity index (χ1v) is 12.6. The van der Waals surface area contributed by atoms with E-state index in [1.807, 2.05) is 5.38 Å². The van der Waals surface area contributed by atoms with Gasteiger partial charge in [0.05, 0.1) is 23.8 Å². The van der Waals surface area contributed by atoms with Gasteiger partial charge in [-0.1, -0.05) is 20.8 Å². The summed E-state index contributed by atoms with van der Waals surface area (Å²) >= 11 is 1.40. The van der Waals surface area contributed by atoms with Gasteiger partial charge >= 0.3 is 0 Å². The molecule has 0 fully saturated rings. The van der Waals surface area contributed by atoms with Crippen LogP contribution in [0.2, 0.25) is 0 Å². The van der Waals surface area contributed by atoms with Crippen LogP contribution in [-0.4, -0.2) is 39.1 Å². The Labute approximate surface area is 187 Å². The molecule has 1 aromatic carbocycles. The van der Waals surface area contributed by atoms with Gasteiger partial charge in [0.15, 0.2) is 16.6 Å². The predicted molar refractivity (Wildman–Crippen MR) is 120 cm³/mol. The first-order chi connectivity index (χ1) is 14.6. The minimum absolute atomic E-state index is 0.107. The smallest absolute Gasteiger partial charge is 0.240 e. The van der Waals surface area contributed by atoms with E-state index >= 15 is 0 Å². The molecule has 3 rings (SSSR count). The van der Waals surface area contributed by atoms with Crippen molar-refractivity contribution >= 4 is 32.4 Å². The highest BCUT2D eigenvalue weighted by Gasteiger charge is 2.19. The number of ether oxygens (including phenoxy) is 2. The molecule has 0 spiro atoms. The lowest BCUT2D eigenvalue weighted by Crippen LogP contribution is -2.25. The minimum Gasteiger partial charge on any atom is -0.490 e. The molecule has 8 nitrogen and oxygen atoms in total. The number of fused-ring (bicyclic) bond motifs is 1. The zero-order valence-electron chi connectivity index (χ0n) is 18.1. The van der Waals surface area contributed by atoms with Crippen molar-refractivity contribution in [2.24, 2.45) is 5.41 Å². The first-order valence-electron chi connectivity index (χ1n) is 10.3. The molecule has 0 aliphatic carbocycles. The van der Waals surface area contributed by atoms with Crippen LogP contribution in [0.4, 0.5) is 5.13 Å². The maximum Gasteiger partial charge on any atom is 0.240 e. The summed E-state index contributed by atoms with van der Waals surface area (Å²) in [6.45, 7) is 7.58. The molecular formula is C21H29N3O5S2. The molecule has 2 N–H and O–H groups in total. The average molecular weight is 468 g/mol. The second kappa shape index (κ2) is 9.97. The van der Waals surface area contributed by atoms with Gasteiger partial charge in [0, 0.05) is 30.8 Å². The van der Waals surface area contributed by atoms with Gasteiger partial charge in [-0.15, -0.1) is 11.3 Å². The van der Waals surface area contributed by atoms with Gasteiger partial charge in [-0.25, -0.2) is 18.1 Å². The van der Waals surface area contributed by atoms with Gasteiger partial charge in [-0.3, -0.25) is 4.79 Å². The van der Waals surface area contributed by atoms with Gasteiger partial charge in [-0.05, 0) is 30.4 Å². The molecule has 1 amide bonds. The summed E-state index contributed by atoms with van der Waals surface area (Å²) in [6.07, 6.45) is 2.14. The molecular weight excluding hydrogens is 438 g/mol. The summed E-state index contributed by atoms with van der Waals surface area (Å²) in [5, 5.41) is 5.29. The van der Waals surface area contributed by atoms with E-state index in [2.05, 4.69) is 35.8 Å². The summed E-state index contributed by atoms with van der Waals surface area (Å²) in [4.78, 5) is 16.7. The van der Waals surface area contributed by atoms with Crippen LogP contribution in [0.15, 0.2) is 28.5 Å². The van der Waals surface area contributed by atoms with E-state index in [0.29, 0.717) is 36.3 Å². The van der Waals surface area contributed by atoms with E-state index in [-0.39, 0.29) is 29.2 Å². The third kappa shape index (κ3) is 7.19. The Morgan fingerprint density at radius 1 is 1.19 bits per heavy atom. The minimum atomic E-state index is -3.70. The lowest BCUT2D eigenvalue weighted by molar-refractivity contribution is -0.116. The number of thiazole rings is 1. The molecule has 1 aromatic heterocycles. The number of hydrogen-bond acceptors (Lipinski definition) is 7. The summed E-state index contributed by atoms with van der Waals surface area (Å²) in [7, 11) is -3.70. The molecule has 2 heterocycles. The molecule has 0 unspecified atom stereocenters. The van der Waals surface area contributed by atoms with Crippen LogP contribution < -0.4 is 19.5 Å². The second-order valence-electron chi connectivity index (χ2n) is 8.59. The maximum absolute atomic E-state index is 12.5. The monoisotopic (exact) mass is 467 g/mol. The third-order valence-electron chi connectivity index (χ3n) is 4.41. The summed E-state index contributed by atoms with van der Waals surface area (Å²) in [6, 6.07) is 4.55. The van der Waals surface area contributed by atoms with Gasteiger partial charge in [0.2, 0.25) is 15.9 Å². The molecule has 2 aromatic rings. The van der Waals surface area contributed by atoms with Crippen LogP contribution in [-0.2, 0) is 21.2 Å². The van der Waals surface area contributed by atoms with Gasteiger partial charge < -0.3 is 14.8 Å². The Morgan fingerprint density at radius 2 is 1.94 bits per heavy atom. The number of carbonyl (C=O) groups excluding carboxylic acids is 1. The second-order valence-corrected chi connectivity index (χ2v) is 11.2. The number of anilines is 1. The average Bonchev–Trinajstić information content (AvgIpc) is 2.96. The molecule has 170 valence electrons. The molecule has 0 radical (unpaired) electrons. The lowest BCUT2D eigenvalue weighted by Gasteiger charge is -2.15. The molecule has 0 saturated heterocycles. The third-order valence-corrected chi connectivity index (χ3v) is 6.68. The highest BCUT2D eigenvalue weighted by Crippen LogP contribution is 2.31. The van der Waals surface area contributed by atoms with Crippen molar-refractivity contribution in [2.75, 3.05) is 25.1 Å². The molecule has 0 bridgehead atoms. The fraction of sp³-hybridized carbons (Fsp3) is 0.524. The van der Waals surface area contributed by atoms with Crippen LogP contribution in [0, 0.1) is 5.41 Å². The van der Waals surface area contributed by atoms with Crippen molar-refractivity contribution in [1.29, 1.82) is 0 Å². The number of nitrogens with one attached hydrogen (secondary N) is 2. The number of benzene rings is 1. The van der Waals surface area contributed by atoms with Crippen molar-refractivity contribution in [3.05, 3.63) is 29.3 Å². The number of hydrogen-bond donors (Lipinski definition) is 2. The topological polar surface area (TPSA) is 107 Å². The quantitative estimate of drug-likeness (QED) is 0.575. The largest absolute Gasteiger partial charge is 0.490 e. The highest BCUT2D eigenvalue weighted by molar-refractivity contribution is 7.89. The number of rotatable bonds is 8. The number of amides is 1. The molecule has 0 atom stereocenters. The van der Waals surface area contributed by atoms with E-state index in [9.17, 15) is 13.2 Å². The Morgan fingerprint density at radius 3 is 2.68 bits per heavy atom. The van der Waals surface area contributed by atoms with Crippen LogP contribution in [0.3, 0.4) is 0 Å². The fourth-order valence-electron chi connectivity index (χ4n) is 3.02. The fourth-order valence-corrected chi connectivity index (χ4v) is 4.84. The van der Waals surface area contributed by atoms with Crippen molar-refractivity contribution in [3.63, 3.8) is 0 Å². The Hall–Kier alpha value is -2.17. The molecule has 10 heteroatoms. The van der Waals surface area contributed by atoms with Crippen molar-refractivity contribution in [1.82, 2.24) is 9.71 Å². The SMILES string of the molecule is CC(C)(C)Cc1csc(NC(=O)CCCNS(=O)(=O)c2ccc3c(c2)OCCCO3)n1. The molecule has 1 aliphatic heterocycles. The van der Waals surface area contributed by atoms with E-state index in [1.54, 1.807) is 6.07 Å². The van der Waals surface area contributed by atoms with E-state index < -0.39 is 10.0 Å². The van der Waals surface area contributed by atoms with Gasteiger partial charge in [0.25, 0.3) is 0 Å². The number of carbonyl (C=O) groups is 1. The zero-order valence-corrected chi connectivity index (χ0v) is 19.7. The Balaban J connectivity index is 1.45. The Bertz CT molecular complexity index is 1010. The molecule has 0 saturated carbocycles. The predicted octanol–water partition coefficient (Wildman–Crippen LogP) is 3.59. The van der Waals surface area contributed by atoms with Gasteiger partial charge in [-0.2, -0.15) is 0 Å². The number of aromatic nitrogens is 1. The van der Waals surface area contributed by atoms with E-state index in [4.69, 9.17) is 9.47 Å². The van der Waals surface area contributed by atoms with Crippen LogP contribution in [0.1, 0.15) is 45.7 Å². The van der Waals surface area contributed by atoms with Crippen molar-refractivity contribution < 1.29 is 22.7 Å². The van der Waals surface area contributed by atoms with Crippen LogP contribution >= 0.6 is 11.3 Å². The maximum atomic E-state index is 12.5. The summed E-state index contributed by atoms with van der Waals surface area (Å²) in [5.74, 6) is 0.779. The van der Waals surface area contributed by atoms with Crippen molar-refractivity contribution in [2.45, 2.75) is 51.3 Å². The highest BCUT2D eigenvalue weighted by atomic mass is 32.2. The van der Waals surface area contributed by atoms with Gasteiger partial charge in [0.1, 0.15) is 0 Å². The van der Waals surface area contributed by atoms with Crippen LogP contribution in [0.5, 0.6) is 11.5 Å². The Kier molecular flexibility index (Phi) is 7.55. The first kappa shape index (κ1) is 23.5. The normalized spacial score (nSPS) is 14.2. The van der Waals surface area contributed by atoms with Crippen molar-refractivity contribution in [3.8, 4) is 11.5 Å². The summed E-state index contributed by atoms with van der Waals surface area (Å²) in [5.41, 5.74) is 1.08. The number of nitrogens with zero attached hydrogens (tertiary/aromatic N) is 1. The van der Waals surface area contributed by atoms with E-state index in [0.717, 1.165) is 18.5 Å². The number of sulfonamides is 1. The van der Waals surface area contributed by atoms with Crippen LogP contribution in [0.25, 0.3) is 0 Å². The molecule has 31 heavy (non-hydrogen) atoms. The standard InChI is InChI=1S/C21H29N3O5S2/c1-21(2,3)13-15-14-30-20(23-15)24-19(25)6-4-9-22-31(26,27)16-7-8-17-18(12-16)29-11-5-10-28-17/h7-8,12,14,22H,4-6,9-11,13H2,1-3H3,(H,23,24,25). The molecule has 1 aliphatic rings.